The maximum absolute atomic E-state index is 12.9. The first-order valence-corrected chi connectivity index (χ1v) is 11.3. The predicted molar refractivity (Wildman–Crippen MR) is 109 cm³/mol. The molecular formula is C24H34O6. The second-order valence-corrected chi connectivity index (χ2v) is 10.7. The van der Waals surface area contributed by atoms with Crippen LogP contribution in [0.4, 0.5) is 0 Å². The molecule has 0 bridgehead atoms. The van der Waals surface area contributed by atoms with E-state index >= 15 is 0 Å². The molecule has 6 heteroatoms. The zero-order chi connectivity index (χ0) is 22.1. The van der Waals surface area contributed by atoms with Crippen molar-refractivity contribution in [1.29, 1.82) is 0 Å². The van der Waals surface area contributed by atoms with Crippen molar-refractivity contribution in [3.8, 4) is 0 Å². The van der Waals surface area contributed by atoms with E-state index in [9.17, 15) is 24.6 Å². The summed E-state index contributed by atoms with van der Waals surface area (Å²) in [5, 5.41) is 22.9. The Kier molecular flexibility index (Phi) is 5.06. The molecule has 0 aromatic rings. The number of carbonyl (C=O) groups is 3. The number of aliphatic hydroxyl groups is 2. The molecule has 0 spiro atoms. The minimum absolute atomic E-state index is 0.0250. The standard InChI is InChI=1S/C24H34O6/c1-13-10-22(3)15(9-18(13)26)5-6-16-17-7-8-24(29,20(28)12-30-14(2)25)23(17,4)11-19(27)21(16)22/h9,13,16-17,19,21,27,29H,5-8,10-12H2,1-4H3/t13-,16+,17+,19+,21?,22+,23+,24+/m1/s1. The fraction of sp³-hybridized carbons (Fsp3) is 0.792. The Morgan fingerprint density at radius 3 is 2.60 bits per heavy atom. The number of ether oxygens (including phenoxy) is 1. The number of rotatable bonds is 3. The zero-order valence-corrected chi connectivity index (χ0v) is 18.4. The Morgan fingerprint density at radius 2 is 1.93 bits per heavy atom. The number of hydrogen-bond donors (Lipinski definition) is 2. The van der Waals surface area contributed by atoms with Crippen LogP contribution in [-0.2, 0) is 19.1 Å². The van der Waals surface area contributed by atoms with Crippen LogP contribution in [0.25, 0.3) is 0 Å². The van der Waals surface area contributed by atoms with Crippen molar-refractivity contribution in [2.45, 2.75) is 77.9 Å². The number of ketones is 2. The van der Waals surface area contributed by atoms with Gasteiger partial charge in [0.15, 0.2) is 12.4 Å². The average Bonchev–Trinajstić information content (AvgIpc) is 2.92. The van der Waals surface area contributed by atoms with Gasteiger partial charge < -0.3 is 14.9 Å². The molecule has 4 aliphatic rings. The Morgan fingerprint density at radius 1 is 1.23 bits per heavy atom. The molecule has 0 radical (unpaired) electrons. The average molecular weight is 419 g/mol. The molecular weight excluding hydrogens is 384 g/mol. The van der Waals surface area contributed by atoms with E-state index in [-0.39, 0.29) is 34.9 Å². The normalized spacial score (nSPS) is 47.6. The largest absolute Gasteiger partial charge is 0.458 e. The molecule has 8 atom stereocenters. The molecule has 2 N–H and O–H groups in total. The Bertz CT molecular complexity index is 817. The quantitative estimate of drug-likeness (QED) is 0.683. The van der Waals surface area contributed by atoms with Gasteiger partial charge >= 0.3 is 5.97 Å². The number of fused-ring (bicyclic) bond motifs is 5. The lowest BCUT2D eigenvalue weighted by Crippen LogP contribution is -2.62. The van der Waals surface area contributed by atoms with Crippen LogP contribution in [0.15, 0.2) is 11.6 Å². The van der Waals surface area contributed by atoms with Gasteiger partial charge in [-0.1, -0.05) is 26.3 Å². The molecule has 6 nitrogen and oxygen atoms in total. The molecule has 1 unspecified atom stereocenters. The fourth-order valence-corrected chi connectivity index (χ4v) is 7.78. The highest BCUT2D eigenvalue weighted by atomic mass is 16.5. The lowest BCUT2D eigenvalue weighted by molar-refractivity contribution is -0.185. The van der Waals surface area contributed by atoms with Crippen molar-refractivity contribution in [2.24, 2.45) is 34.5 Å². The molecule has 0 aliphatic heterocycles. The van der Waals surface area contributed by atoms with Gasteiger partial charge in [0.1, 0.15) is 5.60 Å². The Hall–Kier alpha value is -1.53. The van der Waals surface area contributed by atoms with Crippen molar-refractivity contribution < 1.29 is 29.3 Å². The fourth-order valence-electron chi connectivity index (χ4n) is 7.78. The highest BCUT2D eigenvalue weighted by molar-refractivity contribution is 5.93. The van der Waals surface area contributed by atoms with E-state index < -0.39 is 35.5 Å². The molecule has 30 heavy (non-hydrogen) atoms. The molecule has 3 saturated carbocycles. The van der Waals surface area contributed by atoms with Crippen LogP contribution in [0.2, 0.25) is 0 Å². The van der Waals surface area contributed by atoms with Gasteiger partial charge in [-0.05, 0) is 67.8 Å². The van der Waals surface area contributed by atoms with Crippen molar-refractivity contribution in [3.05, 3.63) is 11.6 Å². The Balaban J connectivity index is 1.66. The molecule has 4 rings (SSSR count). The lowest BCUT2D eigenvalue weighted by atomic mass is 9.45. The zero-order valence-electron chi connectivity index (χ0n) is 18.4. The summed E-state index contributed by atoms with van der Waals surface area (Å²) in [5.41, 5.74) is -1.40. The summed E-state index contributed by atoms with van der Waals surface area (Å²) in [6.07, 6.45) is 4.99. The first-order chi connectivity index (χ1) is 13.9. The first-order valence-electron chi connectivity index (χ1n) is 11.3. The van der Waals surface area contributed by atoms with Crippen LogP contribution < -0.4 is 0 Å². The molecule has 0 amide bonds. The third kappa shape index (κ3) is 2.86. The molecule has 0 saturated heterocycles. The van der Waals surface area contributed by atoms with E-state index in [4.69, 9.17) is 4.74 Å². The van der Waals surface area contributed by atoms with E-state index in [0.717, 1.165) is 31.3 Å². The SMILES string of the molecule is CC(=O)OCC(=O)[C@@]1(O)CC[C@H]2[C@@H]3CCC4=CC(=O)[C@H](C)C[C@]4(C)C3[C@@H](O)C[C@@]21C. The highest BCUT2D eigenvalue weighted by Gasteiger charge is 2.68. The van der Waals surface area contributed by atoms with Crippen LogP contribution in [0.3, 0.4) is 0 Å². The molecule has 4 aliphatic carbocycles. The summed E-state index contributed by atoms with van der Waals surface area (Å²) in [7, 11) is 0. The predicted octanol–water partition coefficient (Wildman–Crippen LogP) is 2.60. The van der Waals surface area contributed by atoms with Crippen LogP contribution in [0, 0.1) is 34.5 Å². The van der Waals surface area contributed by atoms with E-state index in [1.165, 1.54) is 6.92 Å². The summed E-state index contributed by atoms with van der Waals surface area (Å²) < 4.78 is 4.90. The minimum Gasteiger partial charge on any atom is -0.458 e. The number of esters is 1. The second-order valence-electron chi connectivity index (χ2n) is 10.7. The van der Waals surface area contributed by atoms with Crippen LogP contribution in [-0.4, -0.2) is 46.1 Å². The maximum Gasteiger partial charge on any atom is 0.303 e. The van der Waals surface area contributed by atoms with Crippen molar-refractivity contribution in [2.75, 3.05) is 6.61 Å². The summed E-state index contributed by atoms with van der Waals surface area (Å²) >= 11 is 0. The molecule has 0 aromatic carbocycles. The summed E-state index contributed by atoms with van der Waals surface area (Å²) in [6.45, 7) is 6.90. The van der Waals surface area contributed by atoms with E-state index in [2.05, 4.69) is 6.92 Å². The third-order valence-corrected chi connectivity index (χ3v) is 9.22. The monoisotopic (exact) mass is 418 g/mol. The number of carbonyl (C=O) groups excluding carboxylic acids is 3. The second kappa shape index (κ2) is 6.99. The van der Waals surface area contributed by atoms with Gasteiger partial charge in [0, 0.05) is 18.3 Å². The van der Waals surface area contributed by atoms with E-state index in [1.54, 1.807) is 0 Å². The van der Waals surface area contributed by atoms with Gasteiger partial charge in [-0.15, -0.1) is 0 Å². The molecule has 166 valence electrons. The summed E-state index contributed by atoms with van der Waals surface area (Å²) in [5.74, 6) is -0.549. The van der Waals surface area contributed by atoms with E-state index in [1.807, 2.05) is 19.9 Å². The number of aliphatic hydroxyl groups excluding tert-OH is 1. The minimum atomic E-state index is -1.59. The number of allylic oxidation sites excluding steroid dienone is 1. The van der Waals surface area contributed by atoms with Gasteiger partial charge in [0.2, 0.25) is 5.78 Å². The summed E-state index contributed by atoms with van der Waals surface area (Å²) in [6, 6.07) is 0. The van der Waals surface area contributed by atoms with Gasteiger partial charge in [-0.3, -0.25) is 14.4 Å². The van der Waals surface area contributed by atoms with Crippen LogP contribution in [0.5, 0.6) is 0 Å². The smallest absolute Gasteiger partial charge is 0.303 e. The van der Waals surface area contributed by atoms with Gasteiger partial charge in [-0.2, -0.15) is 0 Å². The van der Waals surface area contributed by atoms with Crippen LogP contribution in [0.1, 0.15) is 66.2 Å². The Labute approximate surface area is 178 Å². The van der Waals surface area contributed by atoms with Gasteiger partial charge in [0.25, 0.3) is 0 Å². The number of hydrogen-bond acceptors (Lipinski definition) is 6. The summed E-state index contributed by atoms with van der Waals surface area (Å²) in [4.78, 5) is 36.4. The molecule has 3 fully saturated rings. The van der Waals surface area contributed by atoms with Crippen molar-refractivity contribution in [1.82, 2.24) is 0 Å². The van der Waals surface area contributed by atoms with Gasteiger partial charge in [-0.25, -0.2) is 0 Å². The molecule has 0 aromatic heterocycles. The first kappa shape index (κ1) is 21.7. The maximum atomic E-state index is 12.9. The third-order valence-electron chi connectivity index (χ3n) is 9.22. The van der Waals surface area contributed by atoms with Gasteiger partial charge in [0.05, 0.1) is 6.10 Å². The highest BCUT2D eigenvalue weighted by Crippen LogP contribution is 2.67. The van der Waals surface area contributed by atoms with E-state index in [0.29, 0.717) is 12.8 Å². The van der Waals surface area contributed by atoms with Crippen LogP contribution >= 0.6 is 0 Å². The van der Waals surface area contributed by atoms with Crippen molar-refractivity contribution >= 4 is 17.5 Å². The van der Waals surface area contributed by atoms with Crippen molar-refractivity contribution in [3.63, 3.8) is 0 Å². The topological polar surface area (TPSA) is 101 Å². The number of Topliss-reactive ketones (excluding diaryl/α,β-unsaturated/α-hetero) is 1. The molecule has 0 heterocycles. The lowest BCUT2D eigenvalue weighted by Gasteiger charge is -2.60.